The Morgan fingerprint density at radius 2 is 1.72 bits per heavy atom. The molecule has 0 unspecified atom stereocenters. The summed E-state index contributed by atoms with van der Waals surface area (Å²) in [6, 6.07) is 6.22. The summed E-state index contributed by atoms with van der Waals surface area (Å²) >= 11 is 0. The van der Waals surface area contributed by atoms with Crippen molar-refractivity contribution in [3.63, 3.8) is 0 Å². The molecule has 0 aliphatic carbocycles. The van der Waals surface area contributed by atoms with Crippen molar-refractivity contribution >= 4 is 5.69 Å². The lowest BCUT2D eigenvalue weighted by molar-refractivity contribution is -0.890. The van der Waals surface area contributed by atoms with Gasteiger partial charge in [0.25, 0.3) is 0 Å². The Labute approximate surface area is 125 Å². The molecule has 5 heteroatoms. The third-order valence-electron chi connectivity index (χ3n) is 3.67. The molecular weight excluding hydrogens is 343 g/mol. The Bertz CT molecular complexity index is 427. The van der Waals surface area contributed by atoms with Crippen LogP contribution in [0, 0.1) is 0 Å². The molecule has 0 amide bonds. The van der Waals surface area contributed by atoms with Crippen molar-refractivity contribution in [3.05, 3.63) is 18.2 Å². The second kappa shape index (κ2) is 5.13. The number of hydrogen-bond acceptors (Lipinski definition) is 3. The maximum absolute atomic E-state index is 5.42. The molecule has 0 saturated carbocycles. The average Bonchev–Trinajstić information content (AvgIpc) is 2.76. The Hall–Kier alpha value is -0.690. The van der Waals surface area contributed by atoms with Gasteiger partial charge in [0, 0.05) is 11.8 Å². The number of piperazine rings is 1. The van der Waals surface area contributed by atoms with Gasteiger partial charge in [0.1, 0.15) is 0 Å². The predicted octanol–water partition coefficient (Wildman–Crippen LogP) is -1.68. The summed E-state index contributed by atoms with van der Waals surface area (Å²) in [7, 11) is 4.58. The zero-order valence-electron chi connectivity index (χ0n) is 10.9. The molecule has 2 heterocycles. The van der Waals surface area contributed by atoms with E-state index in [1.807, 2.05) is 6.07 Å². The lowest BCUT2D eigenvalue weighted by Crippen LogP contribution is -3.00. The Morgan fingerprint density at radius 1 is 1.06 bits per heavy atom. The Kier molecular flexibility index (Phi) is 3.91. The van der Waals surface area contributed by atoms with Crippen molar-refractivity contribution in [1.82, 2.24) is 0 Å². The first kappa shape index (κ1) is 13.7. The maximum atomic E-state index is 5.42. The number of rotatable bonds is 1. The fourth-order valence-electron chi connectivity index (χ4n) is 2.35. The summed E-state index contributed by atoms with van der Waals surface area (Å²) in [5, 5.41) is 0. The van der Waals surface area contributed by atoms with Gasteiger partial charge in [0.2, 0.25) is 6.79 Å². The van der Waals surface area contributed by atoms with Gasteiger partial charge in [-0.2, -0.15) is 0 Å². The molecule has 1 aromatic carbocycles. The Morgan fingerprint density at radius 3 is 2.44 bits per heavy atom. The molecule has 4 nitrogen and oxygen atoms in total. The van der Waals surface area contributed by atoms with Crippen LogP contribution in [-0.2, 0) is 0 Å². The van der Waals surface area contributed by atoms with Crippen LogP contribution in [0.1, 0.15) is 0 Å². The minimum atomic E-state index is 0. The smallest absolute Gasteiger partial charge is 0.231 e. The van der Waals surface area contributed by atoms with E-state index in [0.717, 1.165) is 29.1 Å². The van der Waals surface area contributed by atoms with Crippen molar-refractivity contribution < 1.29 is 37.9 Å². The first-order chi connectivity index (χ1) is 8.14. The molecule has 0 bridgehead atoms. The third kappa shape index (κ3) is 2.66. The number of hydrogen-bond donors (Lipinski definition) is 0. The van der Waals surface area contributed by atoms with E-state index in [9.17, 15) is 0 Å². The summed E-state index contributed by atoms with van der Waals surface area (Å²) < 4.78 is 11.9. The highest BCUT2D eigenvalue weighted by molar-refractivity contribution is 5.57. The lowest BCUT2D eigenvalue weighted by Gasteiger charge is -2.40. The predicted molar refractivity (Wildman–Crippen MR) is 66.6 cm³/mol. The van der Waals surface area contributed by atoms with Gasteiger partial charge in [-0.05, 0) is 12.1 Å². The largest absolute Gasteiger partial charge is 1.00 e. The quantitative estimate of drug-likeness (QED) is 0.440. The van der Waals surface area contributed by atoms with Crippen molar-refractivity contribution in [3.8, 4) is 11.5 Å². The fraction of sp³-hybridized carbons (Fsp3) is 0.538. The van der Waals surface area contributed by atoms with E-state index in [1.165, 1.54) is 18.8 Å². The molecule has 1 aromatic rings. The molecule has 0 N–H and O–H groups in total. The van der Waals surface area contributed by atoms with Crippen LogP contribution < -0.4 is 38.4 Å². The Balaban J connectivity index is 0.00000120. The summed E-state index contributed by atoms with van der Waals surface area (Å²) in [6.07, 6.45) is 0. The standard InChI is InChI=1S/C13H19N2O2.HI/c1-15(2)7-5-14(6-8-15)11-3-4-12-13(9-11)17-10-16-12;/h3-4,9H,5-8,10H2,1-2H3;1H/q+1;/p-1. The van der Waals surface area contributed by atoms with Gasteiger partial charge in [0.05, 0.1) is 40.3 Å². The first-order valence-corrected chi connectivity index (χ1v) is 6.11. The second-order valence-electron chi connectivity index (χ2n) is 5.41. The van der Waals surface area contributed by atoms with Crippen LogP contribution in [0.3, 0.4) is 0 Å². The molecule has 0 aromatic heterocycles. The van der Waals surface area contributed by atoms with Crippen LogP contribution in [0.2, 0.25) is 0 Å². The number of fused-ring (bicyclic) bond motifs is 1. The minimum Gasteiger partial charge on any atom is -1.00 e. The average molecular weight is 362 g/mol. The molecule has 3 rings (SSSR count). The van der Waals surface area contributed by atoms with E-state index >= 15 is 0 Å². The van der Waals surface area contributed by atoms with Gasteiger partial charge < -0.3 is 42.8 Å². The molecule has 1 saturated heterocycles. The minimum absolute atomic E-state index is 0. The number of nitrogens with zero attached hydrogens (tertiary/aromatic N) is 2. The lowest BCUT2D eigenvalue weighted by atomic mass is 10.2. The van der Waals surface area contributed by atoms with Gasteiger partial charge in [-0.15, -0.1) is 0 Å². The highest BCUT2D eigenvalue weighted by Gasteiger charge is 2.25. The van der Waals surface area contributed by atoms with Crippen LogP contribution in [0.4, 0.5) is 5.69 Å². The van der Waals surface area contributed by atoms with Crippen molar-refractivity contribution in [1.29, 1.82) is 0 Å². The van der Waals surface area contributed by atoms with Crippen LogP contribution in [0.15, 0.2) is 18.2 Å². The summed E-state index contributed by atoms with van der Waals surface area (Å²) in [4.78, 5) is 2.42. The summed E-state index contributed by atoms with van der Waals surface area (Å²) in [6.45, 7) is 4.94. The zero-order chi connectivity index (χ0) is 11.9. The molecule has 0 spiro atoms. The van der Waals surface area contributed by atoms with Crippen LogP contribution in [0.25, 0.3) is 0 Å². The highest BCUT2D eigenvalue weighted by atomic mass is 127. The van der Waals surface area contributed by atoms with Crippen molar-refractivity contribution in [2.24, 2.45) is 0 Å². The molecule has 0 radical (unpaired) electrons. The SMILES string of the molecule is C[N+]1(C)CCN(c2ccc3c(c2)OCO3)CC1.[I-]. The monoisotopic (exact) mass is 362 g/mol. The highest BCUT2D eigenvalue weighted by Crippen LogP contribution is 2.35. The number of likely N-dealkylation sites (N-methyl/N-ethyl adjacent to an activating group) is 1. The molecule has 2 aliphatic rings. The molecule has 2 aliphatic heterocycles. The normalized spacial score (nSPS) is 20.4. The second-order valence-corrected chi connectivity index (χ2v) is 5.41. The molecule has 100 valence electrons. The fourth-order valence-corrected chi connectivity index (χ4v) is 2.35. The first-order valence-electron chi connectivity index (χ1n) is 6.11. The van der Waals surface area contributed by atoms with E-state index < -0.39 is 0 Å². The van der Waals surface area contributed by atoms with Crippen LogP contribution >= 0.6 is 0 Å². The molecule has 1 fully saturated rings. The van der Waals surface area contributed by atoms with Crippen molar-refractivity contribution in [2.75, 3.05) is 52.0 Å². The number of halogens is 1. The number of benzene rings is 1. The number of anilines is 1. The van der Waals surface area contributed by atoms with Crippen LogP contribution in [0.5, 0.6) is 11.5 Å². The van der Waals surface area contributed by atoms with Gasteiger partial charge in [0.15, 0.2) is 11.5 Å². The van der Waals surface area contributed by atoms with Gasteiger partial charge in [-0.25, -0.2) is 0 Å². The summed E-state index contributed by atoms with van der Waals surface area (Å²) in [5.41, 5.74) is 1.24. The zero-order valence-corrected chi connectivity index (χ0v) is 13.0. The van der Waals surface area contributed by atoms with Gasteiger partial charge in [-0.3, -0.25) is 0 Å². The third-order valence-corrected chi connectivity index (χ3v) is 3.67. The van der Waals surface area contributed by atoms with Crippen LogP contribution in [-0.4, -0.2) is 51.6 Å². The molecule has 0 atom stereocenters. The topological polar surface area (TPSA) is 21.7 Å². The molecular formula is C13H19IN2O2. The molecule has 18 heavy (non-hydrogen) atoms. The van der Waals surface area contributed by atoms with E-state index in [2.05, 4.69) is 31.1 Å². The van der Waals surface area contributed by atoms with E-state index in [4.69, 9.17) is 9.47 Å². The van der Waals surface area contributed by atoms with Crippen molar-refractivity contribution in [2.45, 2.75) is 0 Å². The van der Waals surface area contributed by atoms with Gasteiger partial charge >= 0.3 is 0 Å². The van der Waals surface area contributed by atoms with E-state index in [-0.39, 0.29) is 24.0 Å². The summed E-state index contributed by atoms with van der Waals surface area (Å²) in [5.74, 6) is 1.74. The maximum Gasteiger partial charge on any atom is 0.231 e. The van der Waals surface area contributed by atoms with E-state index in [0.29, 0.717) is 6.79 Å². The van der Waals surface area contributed by atoms with Gasteiger partial charge in [-0.1, -0.05) is 0 Å². The number of quaternary nitrogens is 1. The van der Waals surface area contributed by atoms with E-state index in [1.54, 1.807) is 0 Å². The number of ether oxygens (including phenoxy) is 2.